The molecule has 0 N–H and O–H groups in total. The van der Waals surface area contributed by atoms with E-state index in [0.717, 1.165) is 0 Å². The summed E-state index contributed by atoms with van der Waals surface area (Å²) in [4.78, 5) is 18.3. The van der Waals surface area contributed by atoms with Crippen LogP contribution in [-0.4, -0.2) is 35.0 Å². The minimum absolute atomic E-state index is 0.151. The molecule has 1 fully saturated rings. The number of amides is 1. The molecular formula is C17H13Cl2N3O2. The molecule has 0 spiro atoms. The molecule has 7 heteroatoms. The van der Waals surface area contributed by atoms with E-state index in [0.29, 0.717) is 46.6 Å². The number of aromatic nitrogens is 1. The maximum absolute atomic E-state index is 12.6. The molecule has 0 aliphatic carbocycles. The van der Waals surface area contributed by atoms with E-state index < -0.39 is 0 Å². The van der Waals surface area contributed by atoms with Gasteiger partial charge in [-0.3, -0.25) is 4.79 Å². The van der Waals surface area contributed by atoms with Crippen molar-refractivity contribution < 1.29 is 9.53 Å². The van der Waals surface area contributed by atoms with Gasteiger partial charge in [-0.1, -0.05) is 23.2 Å². The highest BCUT2D eigenvalue weighted by molar-refractivity contribution is 6.36. The Kier molecular flexibility index (Phi) is 4.89. The van der Waals surface area contributed by atoms with E-state index in [2.05, 4.69) is 4.98 Å². The second kappa shape index (κ2) is 7.08. The number of benzene rings is 1. The van der Waals surface area contributed by atoms with Gasteiger partial charge in [-0.25, -0.2) is 4.98 Å². The number of hydrogen-bond donors (Lipinski definition) is 0. The van der Waals surface area contributed by atoms with Crippen LogP contribution in [0.15, 0.2) is 36.5 Å². The Labute approximate surface area is 149 Å². The van der Waals surface area contributed by atoms with Crippen molar-refractivity contribution in [2.75, 3.05) is 13.1 Å². The van der Waals surface area contributed by atoms with Gasteiger partial charge in [0.2, 0.25) is 5.88 Å². The number of rotatable bonds is 3. The van der Waals surface area contributed by atoms with Crippen molar-refractivity contribution in [3.05, 3.63) is 57.7 Å². The molecule has 1 atom stereocenters. The maximum atomic E-state index is 12.6. The molecule has 1 aliphatic rings. The van der Waals surface area contributed by atoms with Crippen molar-refractivity contribution in [3.8, 4) is 11.9 Å². The Morgan fingerprint density at radius 1 is 1.33 bits per heavy atom. The van der Waals surface area contributed by atoms with Crippen molar-refractivity contribution in [2.45, 2.75) is 12.5 Å². The van der Waals surface area contributed by atoms with Crippen LogP contribution in [0, 0.1) is 11.3 Å². The third-order valence-corrected chi connectivity index (χ3v) is 4.29. The average Bonchev–Trinajstić information content (AvgIpc) is 3.03. The van der Waals surface area contributed by atoms with Gasteiger partial charge >= 0.3 is 0 Å². The van der Waals surface area contributed by atoms with Gasteiger partial charge in [0.1, 0.15) is 6.10 Å². The SMILES string of the molecule is N#Cc1ccnc(OC2CCN(C(=O)c3ccc(Cl)cc3Cl)C2)c1. The summed E-state index contributed by atoms with van der Waals surface area (Å²) in [5.41, 5.74) is 0.908. The number of ether oxygens (including phenoxy) is 1. The van der Waals surface area contributed by atoms with E-state index in [4.69, 9.17) is 33.2 Å². The molecule has 1 saturated heterocycles. The number of carbonyl (C=O) groups excluding carboxylic acids is 1. The van der Waals surface area contributed by atoms with E-state index in [1.165, 1.54) is 6.20 Å². The predicted octanol–water partition coefficient (Wildman–Crippen LogP) is 3.55. The van der Waals surface area contributed by atoms with Crippen LogP contribution in [-0.2, 0) is 0 Å². The first-order valence-electron chi connectivity index (χ1n) is 7.34. The smallest absolute Gasteiger partial charge is 0.255 e. The number of nitrogens with zero attached hydrogens (tertiary/aromatic N) is 3. The summed E-state index contributed by atoms with van der Waals surface area (Å²) < 4.78 is 5.77. The normalized spacial score (nSPS) is 16.7. The minimum Gasteiger partial charge on any atom is -0.472 e. The number of pyridine rings is 1. The second-order valence-corrected chi connectivity index (χ2v) is 6.24. The van der Waals surface area contributed by atoms with Gasteiger partial charge in [0.25, 0.3) is 5.91 Å². The zero-order chi connectivity index (χ0) is 17.1. The van der Waals surface area contributed by atoms with Crippen LogP contribution in [0.3, 0.4) is 0 Å². The van der Waals surface area contributed by atoms with Crippen molar-refractivity contribution in [1.82, 2.24) is 9.88 Å². The van der Waals surface area contributed by atoms with Crippen LogP contribution in [0.1, 0.15) is 22.3 Å². The van der Waals surface area contributed by atoms with Gasteiger partial charge in [-0.15, -0.1) is 0 Å². The van der Waals surface area contributed by atoms with Crippen molar-refractivity contribution in [1.29, 1.82) is 5.26 Å². The van der Waals surface area contributed by atoms with E-state index in [1.807, 2.05) is 6.07 Å². The molecule has 2 aromatic rings. The Morgan fingerprint density at radius 3 is 2.92 bits per heavy atom. The topological polar surface area (TPSA) is 66.2 Å². The third kappa shape index (κ3) is 3.61. The highest BCUT2D eigenvalue weighted by atomic mass is 35.5. The van der Waals surface area contributed by atoms with E-state index in [9.17, 15) is 4.79 Å². The maximum Gasteiger partial charge on any atom is 0.255 e. The van der Waals surface area contributed by atoms with Crippen LogP contribution in [0.4, 0.5) is 0 Å². The molecule has 0 saturated carbocycles. The van der Waals surface area contributed by atoms with Crippen LogP contribution >= 0.6 is 23.2 Å². The Morgan fingerprint density at radius 2 is 2.17 bits per heavy atom. The molecule has 3 rings (SSSR count). The van der Waals surface area contributed by atoms with Crippen LogP contribution in [0.5, 0.6) is 5.88 Å². The molecule has 2 heterocycles. The average molecular weight is 362 g/mol. The molecule has 1 unspecified atom stereocenters. The van der Waals surface area contributed by atoms with E-state index in [1.54, 1.807) is 35.2 Å². The van der Waals surface area contributed by atoms with Gasteiger partial charge in [0, 0.05) is 30.3 Å². The standard InChI is InChI=1S/C17H13Cl2N3O2/c18-12-1-2-14(15(19)8-12)17(23)22-6-4-13(10-22)24-16-7-11(9-20)3-5-21-16/h1-3,5,7-8,13H,4,6,10H2. The molecule has 0 bridgehead atoms. The molecule has 24 heavy (non-hydrogen) atoms. The number of carbonyl (C=O) groups is 1. The molecule has 1 aliphatic heterocycles. The molecule has 5 nitrogen and oxygen atoms in total. The van der Waals surface area contributed by atoms with Crippen LogP contribution in [0.2, 0.25) is 10.0 Å². The predicted molar refractivity (Wildman–Crippen MR) is 90.4 cm³/mol. The summed E-state index contributed by atoms with van der Waals surface area (Å²) in [5.74, 6) is 0.236. The quantitative estimate of drug-likeness (QED) is 0.838. The summed E-state index contributed by atoms with van der Waals surface area (Å²) in [7, 11) is 0. The number of hydrogen-bond acceptors (Lipinski definition) is 4. The molecule has 1 amide bonds. The first kappa shape index (κ1) is 16.6. The fourth-order valence-electron chi connectivity index (χ4n) is 2.56. The summed E-state index contributed by atoms with van der Waals surface area (Å²) in [6.45, 7) is 1.01. The zero-order valence-electron chi connectivity index (χ0n) is 12.6. The fraction of sp³-hybridized carbons (Fsp3) is 0.235. The second-order valence-electron chi connectivity index (χ2n) is 5.40. The van der Waals surface area contributed by atoms with E-state index >= 15 is 0 Å². The molecular weight excluding hydrogens is 349 g/mol. The summed E-state index contributed by atoms with van der Waals surface area (Å²) in [6.07, 6.45) is 2.05. The lowest BCUT2D eigenvalue weighted by atomic mass is 10.2. The van der Waals surface area contributed by atoms with Gasteiger partial charge < -0.3 is 9.64 Å². The Hall–Kier alpha value is -2.29. The highest BCUT2D eigenvalue weighted by Crippen LogP contribution is 2.25. The lowest BCUT2D eigenvalue weighted by Crippen LogP contribution is -2.31. The molecule has 1 aromatic heterocycles. The number of nitriles is 1. The Balaban J connectivity index is 1.66. The van der Waals surface area contributed by atoms with Gasteiger partial charge in [0.05, 0.1) is 28.8 Å². The van der Waals surface area contributed by atoms with E-state index in [-0.39, 0.29) is 12.0 Å². The Bertz CT molecular complexity index is 820. The monoisotopic (exact) mass is 361 g/mol. The number of likely N-dealkylation sites (tertiary alicyclic amines) is 1. The first-order valence-corrected chi connectivity index (χ1v) is 8.09. The molecule has 122 valence electrons. The van der Waals surface area contributed by atoms with Crippen molar-refractivity contribution >= 4 is 29.1 Å². The summed E-state index contributed by atoms with van der Waals surface area (Å²) in [5, 5.41) is 9.72. The van der Waals surface area contributed by atoms with Crippen LogP contribution in [0.25, 0.3) is 0 Å². The van der Waals surface area contributed by atoms with Gasteiger partial charge in [0.15, 0.2) is 0 Å². The molecule has 0 radical (unpaired) electrons. The van der Waals surface area contributed by atoms with Gasteiger partial charge in [-0.2, -0.15) is 5.26 Å². The largest absolute Gasteiger partial charge is 0.472 e. The highest BCUT2D eigenvalue weighted by Gasteiger charge is 2.29. The van der Waals surface area contributed by atoms with Crippen LogP contribution < -0.4 is 4.74 Å². The van der Waals surface area contributed by atoms with Crippen molar-refractivity contribution in [2.24, 2.45) is 0 Å². The summed E-state index contributed by atoms with van der Waals surface area (Å²) in [6, 6.07) is 10.1. The first-order chi connectivity index (χ1) is 11.6. The fourth-order valence-corrected chi connectivity index (χ4v) is 3.05. The third-order valence-electron chi connectivity index (χ3n) is 3.75. The lowest BCUT2D eigenvalue weighted by molar-refractivity contribution is 0.0771. The molecule has 1 aromatic carbocycles. The zero-order valence-corrected chi connectivity index (χ0v) is 14.1. The number of halogens is 2. The summed E-state index contributed by atoms with van der Waals surface area (Å²) >= 11 is 12.0. The van der Waals surface area contributed by atoms with Crippen molar-refractivity contribution in [3.63, 3.8) is 0 Å². The lowest BCUT2D eigenvalue weighted by Gasteiger charge is -2.17. The van der Waals surface area contributed by atoms with Gasteiger partial charge in [-0.05, 0) is 24.3 Å². The minimum atomic E-state index is -0.165.